The van der Waals surface area contributed by atoms with E-state index in [0.29, 0.717) is 0 Å². The van der Waals surface area contributed by atoms with Gasteiger partial charge < -0.3 is 113 Å². The Labute approximate surface area is 573 Å². The van der Waals surface area contributed by atoms with E-state index in [-0.39, 0.29) is 478 Å². The van der Waals surface area contributed by atoms with Crippen LogP contribution in [0.1, 0.15) is 0 Å². The van der Waals surface area contributed by atoms with Gasteiger partial charge in [0.1, 0.15) is 0 Å². The van der Waals surface area contributed by atoms with E-state index in [4.69, 9.17) is 76.7 Å². The summed E-state index contributed by atoms with van der Waals surface area (Å²) in [6.07, 6.45) is 0. The maximum atomic E-state index is 8.58. The van der Waals surface area contributed by atoms with E-state index < -0.39 is 36.2 Å². The molecule has 0 saturated heterocycles. The van der Waals surface area contributed by atoms with Crippen molar-refractivity contribution < 1.29 is 554 Å². The van der Waals surface area contributed by atoms with Crippen LogP contribution in [0.4, 0.5) is 4.70 Å². The molecule has 0 bridgehead atoms. The quantitative estimate of drug-likeness (QED) is 0.207. The van der Waals surface area contributed by atoms with E-state index in [2.05, 4.69) is 0 Å². The molecule has 0 N–H and O–H groups in total. The third-order valence-electron chi connectivity index (χ3n) is 0. The average Bonchev–Trinajstić information content (AvgIpc) is 1.62. The van der Waals surface area contributed by atoms with Gasteiger partial charge in [-0.05, 0) is 0 Å². The van der Waals surface area contributed by atoms with Gasteiger partial charge in [-0.15, -0.1) is 0 Å². The molecule has 0 aromatic heterocycles. The first-order valence-corrected chi connectivity index (χ1v) is 9.80. The van der Waals surface area contributed by atoms with Crippen LogP contribution in [0.5, 0.6) is 0 Å². The molecule has 0 unspecified atom stereocenters. The van der Waals surface area contributed by atoms with E-state index in [9.17, 15) is 0 Å². The predicted molar refractivity (Wildman–Crippen MR) is 25.5 cm³/mol. The van der Waals surface area contributed by atoms with Gasteiger partial charge in [-0.1, -0.05) is 0 Å². The maximum absolute atomic E-state index is 8.58. The van der Waals surface area contributed by atoms with Gasteiger partial charge in [0.2, 0.25) is 0 Å². The molecule has 0 amide bonds. The van der Waals surface area contributed by atoms with Crippen molar-refractivity contribution in [3.05, 3.63) is 0 Å². The van der Waals surface area contributed by atoms with E-state index in [1.807, 2.05) is 0 Å². The molecule has 0 heterocycles. The van der Waals surface area contributed by atoms with Crippen molar-refractivity contribution in [2.24, 2.45) is 0 Å². The molecule has 0 aliphatic heterocycles. The summed E-state index contributed by atoms with van der Waals surface area (Å²) < 4.78 is 0. The summed E-state index contributed by atoms with van der Waals surface area (Å²) in [6, 6.07) is 0. The second kappa shape index (κ2) is 84.6. The van der Waals surface area contributed by atoms with Gasteiger partial charge >= 0.3 is 473 Å². The predicted octanol–water partition coefficient (Wildman–Crippen LogP) is -68.3. The van der Waals surface area contributed by atoms with Gasteiger partial charge in [0.15, 0.2) is 0 Å². The minimum absolute atomic E-state index is 0. The van der Waals surface area contributed by atoms with Gasteiger partial charge in [-0.25, -0.2) is 0 Å². The molecule has 136 valence electrons. The van der Waals surface area contributed by atoms with E-state index in [1.54, 1.807) is 0 Å². The summed E-state index contributed by atoms with van der Waals surface area (Å²) in [5.41, 5.74) is 0. The summed E-state index contributed by atoms with van der Waals surface area (Å²) in [5.74, 6) is 0. The third-order valence-corrected chi connectivity index (χ3v) is 0. The van der Waals surface area contributed by atoms with Crippen LogP contribution in [-0.2, 0) is 0 Å². The van der Waals surface area contributed by atoms with Crippen LogP contribution in [0.3, 0.4) is 0 Å². The first kappa shape index (κ1) is 140. The zero-order valence-electron chi connectivity index (χ0n) is 24.9. The summed E-state index contributed by atoms with van der Waals surface area (Å²) >= 11 is 0. The Balaban J connectivity index is -0.00000000421. The van der Waals surface area contributed by atoms with Crippen LogP contribution >= 0.6 is 0 Å². The minimum atomic E-state index is -5.61. The van der Waals surface area contributed by atoms with Crippen LogP contribution in [0.2, 0.25) is 0 Å². The van der Waals surface area contributed by atoms with Crippen LogP contribution < -0.4 is 550 Å². The van der Waals surface area contributed by atoms with Crippen molar-refractivity contribution in [3.8, 4) is 0 Å². The van der Waals surface area contributed by atoms with Crippen molar-refractivity contribution in [1.82, 2.24) is 0 Å². The summed E-state index contributed by atoms with van der Waals surface area (Å²) in [5, 5.41) is 0. The van der Waals surface area contributed by atoms with Crippen LogP contribution in [0.15, 0.2) is 0 Å². The van der Waals surface area contributed by atoms with Crippen molar-refractivity contribution >= 4 is 36.2 Å². The molecule has 0 radical (unpaired) electrons. The molecule has 0 fully saturated rings. The third kappa shape index (κ3) is 503. The Hall–Kier alpha value is 16.2. The Morgan fingerprint density at radius 3 is 0.162 bits per heavy atom. The largest absolute Gasteiger partial charge is 1.00 e. The monoisotopic (exact) mass is 756 g/mol. The normalized spacial score (nSPS) is 6.49. The Bertz CT molecular complexity index is 167. The van der Waals surface area contributed by atoms with Crippen LogP contribution in [0, 0.1) is 0 Å². The molecule has 0 aromatic carbocycles. The topological polar surface area (TPSA) is 369 Å². The average molecular weight is 756 g/mol. The molecule has 0 rings (SSSR count). The molecule has 37 heavy (non-hydrogen) atoms. The fourth-order valence-electron chi connectivity index (χ4n) is 0. The molecular formula is HFNa16O16Si4. The zero-order chi connectivity index (χ0) is 18.0. The van der Waals surface area contributed by atoms with E-state index in [0.717, 1.165) is 0 Å². The van der Waals surface area contributed by atoms with Crippen LogP contribution in [0.25, 0.3) is 0 Å². The summed E-state index contributed by atoms with van der Waals surface area (Å²) in [6.45, 7) is 0. The number of halogens is 1. The molecule has 0 aromatic rings. The molecule has 0 aliphatic carbocycles. The number of rotatable bonds is 0. The van der Waals surface area contributed by atoms with E-state index >= 15 is 0 Å². The summed E-state index contributed by atoms with van der Waals surface area (Å²) in [4.78, 5) is 137. The van der Waals surface area contributed by atoms with Gasteiger partial charge in [-0.3, -0.25) is 4.70 Å². The first-order chi connectivity index (χ1) is 8.00. The first-order valence-electron chi connectivity index (χ1n) is 3.27. The van der Waals surface area contributed by atoms with Crippen molar-refractivity contribution in [2.45, 2.75) is 0 Å². The zero-order valence-corrected chi connectivity index (χ0v) is 60.9. The van der Waals surface area contributed by atoms with Crippen LogP contribution in [-0.4, -0.2) is 36.2 Å². The number of hydrogen-bond acceptors (Lipinski definition) is 16. The molecule has 0 saturated carbocycles. The van der Waals surface area contributed by atoms with Gasteiger partial charge in [0, 0.05) is 0 Å². The van der Waals surface area contributed by atoms with Gasteiger partial charge in [0.05, 0.1) is 0 Å². The van der Waals surface area contributed by atoms with Gasteiger partial charge in [0.25, 0.3) is 0 Å². The van der Waals surface area contributed by atoms with Gasteiger partial charge in [-0.2, -0.15) is 0 Å². The SMILES string of the molecule is F.[Na+].[Na+].[Na+].[Na+].[Na+].[Na+].[Na+].[Na+].[Na+].[Na+].[Na+].[Na+].[Na+].[Na+].[Na+].[Na+].[O-][Si]([O-])([O-])[O-].[O-][Si]([O-])([O-])[O-].[O-][Si]([O-])([O-])[O-].[O-][Si]([O-])([O-])[O-]. The Morgan fingerprint density at radius 1 is 0.162 bits per heavy atom. The van der Waals surface area contributed by atoms with Crippen molar-refractivity contribution in [2.75, 3.05) is 0 Å². The molecule has 16 nitrogen and oxygen atoms in total. The smallest absolute Gasteiger partial charge is 0.894 e. The summed E-state index contributed by atoms with van der Waals surface area (Å²) in [7, 11) is -22.4. The molecule has 37 heteroatoms. The standard InChI is InChI=1S/FH.16Na.4O4Si/c;;;;;;;;;;;;;;;;;4*1-5(2,3)4/h1H;;;;;;;;;;;;;;;;;;;;/q;16*+1;4*-4. The minimum Gasteiger partial charge on any atom is -0.894 e. The number of hydrogen-bond donors (Lipinski definition) is 0. The molecule has 0 spiro atoms. The molecule has 0 aliphatic rings. The fraction of sp³-hybridized carbons (Fsp3) is 0. The Kier molecular flexibility index (Phi) is 320. The van der Waals surface area contributed by atoms with Crippen molar-refractivity contribution in [3.63, 3.8) is 0 Å². The maximum Gasteiger partial charge on any atom is 1.00 e. The fourth-order valence-corrected chi connectivity index (χ4v) is 0. The molecule has 0 atom stereocenters. The Morgan fingerprint density at radius 2 is 0.162 bits per heavy atom. The second-order valence-electron chi connectivity index (χ2n) is 2.00. The van der Waals surface area contributed by atoms with E-state index in [1.165, 1.54) is 0 Å². The second-order valence-corrected chi connectivity index (χ2v) is 6.00. The van der Waals surface area contributed by atoms with Crippen molar-refractivity contribution in [1.29, 1.82) is 0 Å². The molecular weight excluding hydrogens is 755 g/mol.